The number of ether oxygens (including phenoxy) is 3. The third-order valence-electron chi connectivity index (χ3n) is 4.47. The SMILES string of the molecule is COc1ccc(C(=O)Oc2ccc(/C=C(\C#N)C(=O)Nc3cccc(Cl)c3)cc2OC)cc1. The van der Waals surface area contributed by atoms with E-state index in [1.54, 1.807) is 60.7 Å². The van der Waals surface area contributed by atoms with Crippen LogP contribution in [0.2, 0.25) is 5.02 Å². The van der Waals surface area contributed by atoms with Crippen LogP contribution < -0.4 is 19.5 Å². The maximum atomic E-state index is 12.5. The van der Waals surface area contributed by atoms with Gasteiger partial charge >= 0.3 is 5.97 Å². The van der Waals surface area contributed by atoms with Gasteiger partial charge in [-0.05, 0) is 66.2 Å². The molecule has 0 bridgehead atoms. The zero-order valence-electron chi connectivity index (χ0n) is 17.8. The molecule has 3 aromatic carbocycles. The molecule has 0 heterocycles. The summed E-state index contributed by atoms with van der Waals surface area (Å²) in [5.74, 6) is -0.0879. The molecule has 166 valence electrons. The number of methoxy groups -OCH3 is 2. The summed E-state index contributed by atoms with van der Waals surface area (Å²) < 4.78 is 15.8. The Morgan fingerprint density at radius 2 is 1.73 bits per heavy atom. The summed E-state index contributed by atoms with van der Waals surface area (Å²) in [5.41, 5.74) is 1.19. The minimum Gasteiger partial charge on any atom is -0.497 e. The zero-order chi connectivity index (χ0) is 23.8. The number of carbonyl (C=O) groups is 2. The van der Waals surface area contributed by atoms with Gasteiger partial charge in [0.15, 0.2) is 11.5 Å². The van der Waals surface area contributed by atoms with Gasteiger partial charge in [-0.25, -0.2) is 4.79 Å². The number of nitrogens with one attached hydrogen (secondary N) is 1. The smallest absolute Gasteiger partial charge is 0.343 e. The van der Waals surface area contributed by atoms with Gasteiger partial charge in [0, 0.05) is 10.7 Å². The number of hydrogen-bond donors (Lipinski definition) is 1. The second-order valence-corrected chi connectivity index (χ2v) is 7.10. The fourth-order valence-electron chi connectivity index (χ4n) is 2.82. The van der Waals surface area contributed by atoms with E-state index in [1.165, 1.54) is 26.4 Å². The van der Waals surface area contributed by atoms with Gasteiger partial charge in [0.05, 0.1) is 19.8 Å². The molecular formula is C25H19ClN2O5. The molecule has 0 aromatic heterocycles. The Bertz CT molecular complexity index is 1250. The van der Waals surface area contributed by atoms with Crippen molar-refractivity contribution in [2.75, 3.05) is 19.5 Å². The molecule has 0 aliphatic rings. The molecule has 0 spiro atoms. The molecule has 0 unspecified atom stereocenters. The van der Waals surface area contributed by atoms with Crippen molar-refractivity contribution >= 4 is 35.2 Å². The Labute approximate surface area is 195 Å². The Kier molecular flexibility index (Phi) is 7.68. The summed E-state index contributed by atoms with van der Waals surface area (Å²) in [7, 11) is 2.96. The summed E-state index contributed by atoms with van der Waals surface area (Å²) in [6.45, 7) is 0. The number of rotatable bonds is 7. The highest BCUT2D eigenvalue weighted by Crippen LogP contribution is 2.30. The van der Waals surface area contributed by atoms with Crippen LogP contribution in [0.5, 0.6) is 17.2 Å². The van der Waals surface area contributed by atoms with Crippen LogP contribution >= 0.6 is 11.6 Å². The summed E-state index contributed by atoms with van der Waals surface area (Å²) in [6, 6.07) is 19.6. The van der Waals surface area contributed by atoms with Gasteiger partial charge in [-0.15, -0.1) is 0 Å². The number of esters is 1. The normalized spacial score (nSPS) is 10.7. The number of amides is 1. The molecule has 3 aromatic rings. The van der Waals surface area contributed by atoms with Crippen molar-refractivity contribution in [3.8, 4) is 23.3 Å². The van der Waals surface area contributed by atoms with Gasteiger partial charge in [0.1, 0.15) is 17.4 Å². The Morgan fingerprint density at radius 3 is 2.36 bits per heavy atom. The lowest BCUT2D eigenvalue weighted by Gasteiger charge is -2.10. The lowest BCUT2D eigenvalue weighted by atomic mass is 10.1. The summed E-state index contributed by atoms with van der Waals surface area (Å²) in [4.78, 5) is 24.9. The number of carbonyl (C=O) groups excluding carboxylic acids is 2. The maximum Gasteiger partial charge on any atom is 0.343 e. The molecule has 0 saturated carbocycles. The molecule has 1 amide bonds. The predicted molar refractivity (Wildman–Crippen MR) is 125 cm³/mol. The molecule has 33 heavy (non-hydrogen) atoms. The number of anilines is 1. The minimum atomic E-state index is -0.589. The van der Waals surface area contributed by atoms with E-state index in [2.05, 4.69) is 5.32 Å². The molecule has 0 aliphatic carbocycles. The van der Waals surface area contributed by atoms with E-state index in [1.807, 2.05) is 6.07 Å². The van der Waals surface area contributed by atoms with Crippen LogP contribution in [0.25, 0.3) is 6.08 Å². The monoisotopic (exact) mass is 462 g/mol. The molecule has 0 fully saturated rings. The van der Waals surface area contributed by atoms with Gasteiger partial charge < -0.3 is 19.5 Å². The fourth-order valence-corrected chi connectivity index (χ4v) is 3.01. The van der Waals surface area contributed by atoms with Gasteiger partial charge in [-0.2, -0.15) is 5.26 Å². The first-order valence-electron chi connectivity index (χ1n) is 9.66. The molecular weight excluding hydrogens is 444 g/mol. The van der Waals surface area contributed by atoms with E-state index >= 15 is 0 Å². The summed E-state index contributed by atoms with van der Waals surface area (Å²) >= 11 is 5.92. The number of nitriles is 1. The van der Waals surface area contributed by atoms with Gasteiger partial charge in [-0.1, -0.05) is 23.7 Å². The number of halogens is 1. The standard InChI is InChI=1S/C25H19ClN2O5/c1-31-21-9-7-17(8-10-21)25(30)33-22-11-6-16(13-23(22)32-2)12-18(15-27)24(29)28-20-5-3-4-19(26)14-20/h3-14H,1-2H3,(H,28,29)/b18-12+. The van der Waals surface area contributed by atoms with Gasteiger partial charge in [0.25, 0.3) is 5.91 Å². The van der Waals surface area contributed by atoms with Crippen molar-refractivity contribution in [1.82, 2.24) is 0 Å². The van der Waals surface area contributed by atoms with E-state index in [-0.39, 0.29) is 17.1 Å². The lowest BCUT2D eigenvalue weighted by molar-refractivity contribution is -0.112. The number of benzene rings is 3. The first-order chi connectivity index (χ1) is 15.9. The van der Waals surface area contributed by atoms with Gasteiger partial charge in [0.2, 0.25) is 0 Å². The lowest BCUT2D eigenvalue weighted by Crippen LogP contribution is -2.13. The van der Waals surface area contributed by atoms with Crippen LogP contribution in [0.4, 0.5) is 5.69 Å². The first-order valence-corrected chi connectivity index (χ1v) is 10.0. The number of nitrogens with zero attached hydrogens (tertiary/aromatic N) is 1. The average Bonchev–Trinajstić information content (AvgIpc) is 2.83. The predicted octanol–water partition coefficient (Wildman–Crippen LogP) is 5.12. The molecule has 1 N–H and O–H groups in total. The first kappa shape index (κ1) is 23.4. The number of hydrogen-bond acceptors (Lipinski definition) is 6. The molecule has 3 rings (SSSR count). The van der Waals surface area contributed by atoms with Crippen molar-refractivity contribution in [3.05, 3.63) is 88.5 Å². The van der Waals surface area contributed by atoms with Crippen molar-refractivity contribution < 1.29 is 23.8 Å². The highest BCUT2D eigenvalue weighted by Gasteiger charge is 2.14. The minimum absolute atomic E-state index is 0.125. The largest absolute Gasteiger partial charge is 0.497 e. The van der Waals surface area contributed by atoms with Crippen molar-refractivity contribution in [2.24, 2.45) is 0 Å². The van der Waals surface area contributed by atoms with Crippen molar-refractivity contribution in [1.29, 1.82) is 5.26 Å². The van der Waals surface area contributed by atoms with Crippen molar-refractivity contribution in [3.63, 3.8) is 0 Å². The Hall–Kier alpha value is -4.28. The Balaban J connectivity index is 1.78. The molecule has 0 aliphatic heterocycles. The molecule has 0 atom stereocenters. The third-order valence-corrected chi connectivity index (χ3v) is 4.71. The van der Waals surface area contributed by atoms with E-state index in [0.717, 1.165) is 0 Å². The van der Waals surface area contributed by atoms with Crippen molar-refractivity contribution in [2.45, 2.75) is 0 Å². The second kappa shape index (κ2) is 10.8. The molecule has 0 saturated heterocycles. The van der Waals surface area contributed by atoms with Crippen LogP contribution in [0.1, 0.15) is 15.9 Å². The molecule has 8 heteroatoms. The van der Waals surface area contributed by atoms with Crippen LogP contribution in [0.3, 0.4) is 0 Å². The van der Waals surface area contributed by atoms with Gasteiger partial charge in [-0.3, -0.25) is 4.79 Å². The van der Waals surface area contributed by atoms with Crippen LogP contribution in [0, 0.1) is 11.3 Å². The molecule has 0 radical (unpaired) electrons. The topological polar surface area (TPSA) is 97.7 Å². The fraction of sp³-hybridized carbons (Fsp3) is 0.0800. The molecule has 7 nitrogen and oxygen atoms in total. The van der Waals surface area contributed by atoms with Crippen LogP contribution in [0.15, 0.2) is 72.3 Å². The second-order valence-electron chi connectivity index (χ2n) is 6.66. The highest BCUT2D eigenvalue weighted by molar-refractivity contribution is 6.31. The van der Waals surface area contributed by atoms with E-state index in [0.29, 0.717) is 27.6 Å². The van der Waals surface area contributed by atoms with Crippen LogP contribution in [-0.4, -0.2) is 26.1 Å². The summed E-state index contributed by atoms with van der Waals surface area (Å²) in [5, 5.41) is 12.5. The third kappa shape index (κ3) is 6.12. The van der Waals surface area contributed by atoms with E-state index < -0.39 is 11.9 Å². The highest BCUT2D eigenvalue weighted by atomic mass is 35.5. The summed E-state index contributed by atoms with van der Waals surface area (Å²) in [6.07, 6.45) is 1.40. The van der Waals surface area contributed by atoms with E-state index in [9.17, 15) is 14.9 Å². The average molecular weight is 463 g/mol. The Morgan fingerprint density at radius 1 is 0.970 bits per heavy atom. The quantitative estimate of drug-likeness (QED) is 0.226. The van der Waals surface area contributed by atoms with E-state index in [4.69, 9.17) is 25.8 Å². The van der Waals surface area contributed by atoms with Crippen LogP contribution in [-0.2, 0) is 4.79 Å². The maximum absolute atomic E-state index is 12.5. The zero-order valence-corrected chi connectivity index (χ0v) is 18.6.